The second kappa shape index (κ2) is 7.87. The third-order valence-corrected chi connectivity index (χ3v) is 3.43. The number of anilines is 1. The minimum Gasteiger partial charge on any atom is -0.497 e. The van der Waals surface area contributed by atoms with E-state index in [1.807, 2.05) is 24.3 Å². The van der Waals surface area contributed by atoms with Crippen LogP contribution in [-0.4, -0.2) is 39.3 Å². The molecule has 1 amide bonds. The Balaban J connectivity index is 1.66. The summed E-state index contributed by atoms with van der Waals surface area (Å²) in [4.78, 5) is 11.8. The van der Waals surface area contributed by atoms with E-state index in [-0.39, 0.29) is 5.91 Å². The van der Waals surface area contributed by atoms with Crippen molar-refractivity contribution in [3.05, 3.63) is 24.3 Å². The Morgan fingerprint density at radius 2 is 2.00 bits per heavy atom. The van der Waals surface area contributed by atoms with E-state index in [0.717, 1.165) is 44.0 Å². The number of methoxy groups -OCH3 is 1. The molecule has 1 heterocycles. The molecule has 1 saturated heterocycles. The third-order valence-electron chi connectivity index (χ3n) is 3.43. The van der Waals surface area contributed by atoms with Crippen LogP contribution in [-0.2, 0) is 9.53 Å². The Morgan fingerprint density at radius 1 is 1.30 bits per heavy atom. The molecular formula is C15H22N2O3. The highest BCUT2D eigenvalue weighted by Crippen LogP contribution is 2.15. The number of hydrogen-bond donors (Lipinski definition) is 2. The highest BCUT2D eigenvalue weighted by atomic mass is 16.5. The lowest BCUT2D eigenvalue weighted by Crippen LogP contribution is -2.33. The van der Waals surface area contributed by atoms with Gasteiger partial charge in [0.05, 0.1) is 13.7 Å². The Hall–Kier alpha value is -1.59. The van der Waals surface area contributed by atoms with Crippen LogP contribution < -0.4 is 15.4 Å². The number of amides is 1. The fourth-order valence-electron chi connectivity index (χ4n) is 2.22. The summed E-state index contributed by atoms with van der Waals surface area (Å²) in [6.45, 7) is 2.89. The average Bonchev–Trinajstić information content (AvgIpc) is 2.49. The average molecular weight is 278 g/mol. The van der Waals surface area contributed by atoms with E-state index < -0.39 is 0 Å². The van der Waals surface area contributed by atoms with E-state index in [1.165, 1.54) is 0 Å². The van der Waals surface area contributed by atoms with Crippen LogP contribution in [0.4, 0.5) is 5.69 Å². The molecule has 5 heteroatoms. The van der Waals surface area contributed by atoms with E-state index in [0.29, 0.717) is 12.5 Å². The normalized spacial score (nSPS) is 15.8. The van der Waals surface area contributed by atoms with E-state index in [2.05, 4.69) is 10.6 Å². The number of ether oxygens (including phenoxy) is 2. The second-order valence-corrected chi connectivity index (χ2v) is 4.96. The minimum absolute atomic E-state index is 0.0257. The second-order valence-electron chi connectivity index (χ2n) is 4.96. The van der Waals surface area contributed by atoms with E-state index in [1.54, 1.807) is 7.11 Å². The Bertz CT molecular complexity index is 414. The van der Waals surface area contributed by atoms with Crippen molar-refractivity contribution in [3.8, 4) is 5.75 Å². The summed E-state index contributed by atoms with van der Waals surface area (Å²) in [5.41, 5.74) is 0.781. The fourth-order valence-corrected chi connectivity index (χ4v) is 2.22. The quantitative estimate of drug-likeness (QED) is 0.830. The SMILES string of the molecule is COc1ccc(NC(=O)CNCC2CCOCC2)cc1. The van der Waals surface area contributed by atoms with Crippen molar-refractivity contribution < 1.29 is 14.3 Å². The zero-order valence-electron chi connectivity index (χ0n) is 11.9. The number of rotatable bonds is 6. The number of benzene rings is 1. The van der Waals surface area contributed by atoms with Crippen molar-refractivity contribution >= 4 is 11.6 Å². The zero-order valence-corrected chi connectivity index (χ0v) is 11.9. The van der Waals surface area contributed by atoms with E-state index >= 15 is 0 Å². The third kappa shape index (κ3) is 4.83. The van der Waals surface area contributed by atoms with Gasteiger partial charge in [-0.25, -0.2) is 0 Å². The van der Waals surface area contributed by atoms with Crippen molar-refractivity contribution in [3.63, 3.8) is 0 Å². The van der Waals surface area contributed by atoms with Crippen molar-refractivity contribution in [2.45, 2.75) is 12.8 Å². The van der Waals surface area contributed by atoms with Gasteiger partial charge in [-0.15, -0.1) is 0 Å². The summed E-state index contributed by atoms with van der Waals surface area (Å²) in [5, 5.41) is 6.05. The molecule has 0 unspecified atom stereocenters. The number of carbonyl (C=O) groups is 1. The van der Waals surface area contributed by atoms with Crippen LogP contribution in [0.25, 0.3) is 0 Å². The first-order valence-corrected chi connectivity index (χ1v) is 7.00. The lowest BCUT2D eigenvalue weighted by molar-refractivity contribution is -0.115. The van der Waals surface area contributed by atoms with Gasteiger partial charge in [-0.2, -0.15) is 0 Å². The van der Waals surface area contributed by atoms with Crippen molar-refractivity contribution in [1.29, 1.82) is 0 Å². The highest BCUT2D eigenvalue weighted by molar-refractivity contribution is 5.92. The summed E-state index contributed by atoms with van der Waals surface area (Å²) in [5.74, 6) is 1.38. The van der Waals surface area contributed by atoms with Crippen molar-refractivity contribution in [2.75, 3.05) is 38.7 Å². The molecule has 0 aromatic heterocycles. The van der Waals surface area contributed by atoms with Crippen LogP contribution in [0.5, 0.6) is 5.75 Å². The lowest BCUT2D eigenvalue weighted by atomic mass is 10.0. The molecule has 1 aromatic carbocycles. The van der Waals surface area contributed by atoms with Crippen LogP contribution in [0.1, 0.15) is 12.8 Å². The van der Waals surface area contributed by atoms with Crippen molar-refractivity contribution in [1.82, 2.24) is 5.32 Å². The molecule has 2 rings (SSSR count). The zero-order chi connectivity index (χ0) is 14.2. The molecule has 1 fully saturated rings. The summed E-state index contributed by atoms with van der Waals surface area (Å²) in [6, 6.07) is 7.31. The first-order chi connectivity index (χ1) is 9.78. The molecule has 5 nitrogen and oxygen atoms in total. The van der Waals surface area contributed by atoms with Gasteiger partial charge in [0.1, 0.15) is 5.75 Å². The first-order valence-electron chi connectivity index (χ1n) is 7.00. The summed E-state index contributed by atoms with van der Waals surface area (Å²) >= 11 is 0. The van der Waals surface area contributed by atoms with Gasteiger partial charge in [0, 0.05) is 18.9 Å². The summed E-state index contributed by atoms with van der Waals surface area (Å²) in [7, 11) is 1.62. The molecule has 0 aliphatic carbocycles. The van der Waals surface area contributed by atoms with Gasteiger partial charge < -0.3 is 20.1 Å². The standard InChI is InChI=1S/C15H22N2O3/c1-19-14-4-2-13(3-5-14)17-15(18)11-16-10-12-6-8-20-9-7-12/h2-5,12,16H,6-11H2,1H3,(H,17,18). The molecule has 2 N–H and O–H groups in total. The monoisotopic (exact) mass is 278 g/mol. The van der Waals surface area contributed by atoms with Gasteiger partial charge >= 0.3 is 0 Å². The Labute approximate surface area is 119 Å². The molecule has 1 aliphatic heterocycles. The first kappa shape index (κ1) is 14.8. The van der Waals surface area contributed by atoms with Gasteiger partial charge in [-0.3, -0.25) is 4.79 Å². The number of nitrogens with one attached hydrogen (secondary N) is 2. The number of hydrogen-bond acceptors (Lipinski definition) is 4. The van der Waals surface area contributed by atoms with Crippen LogP contribution in [0.15, 0.2) is 24.3 Å². The van der Waals surface area contributed by atoms with Gasteiger partial charge in [0.25, 0.3) is 0 Å². The Morgan fingerprint density at radius 3 is 2.65 bits per heavy atom. The van der Waals surface area contributed by atoms with E-state index in [4.69, 9.17) is 9.47 Å². The topological polar surface area (TPSA) is 59.6 Å². The van der Waals surface area contributed by atoms with Crippen molar-refractivity contribution in [2.24, 2.45) is 5.92 Å². The molecule has 110 valence electrons. The van der Waals surface area contributed by atoms with Gasteiger partial charge in [-0.05, 0) is 49.6 Å². The van der Waals surface area contributed by atoms with Gasteiger partial charge in [0.2, 0.25) is 5.91 Å². The summed E-state index contributed by atoms with van der Waals surface area (Å²) in [6.07, 6.45) is 2.15. The maximum absolute atomic E-state index is 11.8. The fraction of sp³-hybridized carbons (Fsp3) is 0.533. The number of carbonyl (C=O) groups excluding carboxylic acids is 1. The molecule has 0 saturated carbocycles. The molecule has 1 aliphatic rings. The molecule has 0 bridgehead atoms. The lowest BCUT2D eigenvalue weighted by Gasteiger charge is -2.22. The predicted molar refractivity (Wildman–Crippen MR) is 78.0 cm³/mol. The largest absolute Gasteiger partial charge is 0.497 e. The van der Waals surface area contributed by atoms with Crippen LogP contribution >= 0.6 is 0 Å². The minimum atomic E-state index is -0.0257. The van der Waals surface area contributed by atoms with Crippen LogP contribution in [0.2, 0.25) is 0 Å². The molecule has 0 radical (unpaired) electrons. The highest BCUT2D eigenvalue weighted by Gasteiger charge is 2.13. The van der Waals surface area contributed by atoms with Gasteiger partial charge in [-0.1, -0.05) is 0 Å². The Kier molecular flexibility index (Phi) is 5.83. The maximum Gasteiger partial charge on any atom is 0.238 e. The smallest absolute Gasteiger partial charge is 0.238 e. The molecule has 20 heavy (non-hydrogen) atoms. The summed E-state index contributed by atoms with van der Waals surface area (Å²) < 4.78 is 10.4. The molecule has 0 spiro atoms. The van der Waals surface area contributed by atoms with E-state index in [9.17, 15) is 4.79 Å². The molecule has 0 atom stereocenters. The predicted octanol–water partition coefficient (Wildman–Crippen LogP) is 1.65. The molecule has 1 aromatic rings. The molecular weight excluding hydrogens is 256 g/mol. The van der Waals surface area contributed by atoms with Crippen LogP contribution in [0, 0.1) is 5.92 Å². The van der Waals surface area contributed by atoms with Gasteiger partial charge in [0.15, 0.2) is 0 Å². The maximum atomic E-state index is 11.8. The van der Waals surface area contributed by atoms with Crippen LogP contribution in [0.3, 0.4) is 0 Å².